The molecule has 7 nitrogen and oxygen atoms in total. The maximum Gasteiger partial charge on any atom is 0.433 e. The molecule has 0 radical (unpaired) electrons. The van der Waals surface area contributed by atoms with Crippen LogP contribution in [-0.2, 0) is 6.18 Å². The first-order valence-electron chi connectivity index (χ1n) is 10.4. The van der Waals surface area contributed by atoms with Crippen molar-refractivity contribution in [3.05, 3.63) is 47.9 Å². The highest BCUT2D eigenvalue weighted by Crippen LogP contribution is 2.44. The van der Waals surface area contributed by atoms with Gasteiger partial charge in [-0.1, -0.05) is 6.07 Å². The molecular weight excluding hydrogens is 423 g/mol. The number of aromatic nitrogens is 3. The normalized spacial score (nSPS) is 23.1. The molecule has 0 unspecified atom stereocenters. The van der Waals surface area contributed by atoms with E-state index in [1.165, 1.54) is 19.6 Å². The minimum absolute atomic E-state index is 0.330. The van der Waals surface area contributed by atoms with Crippen LogP contribution in [0.2, 0.25) is 0 Å². The number of methoxy groups -OCH3 is 1. The molecule has 2 aromatic heterocycles. The van der Waals surface area contributed by atoms with Crippen molar-refractivity contribution in [3.8, 4) is 5.75 Å². The van der Waals surface area contributed by atoms with Crippen molar-refractivity contribution in [2.75, 3.05) is 26.0 Å². The lowest BCUT2D eigenvalue weighted by Crippen LogP contribution is -2.33. The SMILES string of the molecule is COc1cc2nn([C@@H]3C[C@@H]4C[C@H]3CN4C)cc2cc1NC(=O)c1cccc(C(F)(F)F)n1. The molecule has 3 heterocycles. The Balaban J connectivity index is 1.42. The number of halogens is 3. The smallest absolute Gasteiger partial charge is 0.433 e. The topological polar surface area (TPSA) is 72.3 Å². The summed E-state index contributed by atoms with van der Waals surface area (Å²) >= 11 is 0. The number of nitrogens with one attached hydrogen (secondary N) is 1. The first-order chi connectivity index (χ1) is 15.2. The predicted molar refractivity (Wildman–Crippen MR) is 112 cm³/mol. The monoisotopic (exact) mass is 445 g/mol. The number of anilines is 1. The summed E-state index contributed by atoms with van der Waals surface area (Å²) in [7, 11) is 3.61. The number of fused-ring (bicyclic) bond motifs is 3. The fourth-order valence-electron chi connectivity index (χ4n) is 4.89. The minimum Gasteiger partial charge on any atom is -0.494 e. The molecule has 2 fully saturated rings. The zero-order valence-corrected chi connectivity index (χ0v) is 17.6. The van der Waals surface area contributed by atoms with Gasteiger partial charge in [0.15, 0.2) is 0 Å². The lowest BCUT2D eigenvalue weighted by atomic mass is 10.0. The van der Waals surface area contributed by atoms with E-state index in [2.05, 4.69) is 22.2 Å². The Bertz CT molecular complexity index is 1190. The molecule has 1 amide bonds. The number of alkyl halides is 3. The third-order valence-corrected chi connectivity index (χ3v) is 6.48. The van der Waals surface area contributed by atoms with E-state index in [1.807, 2.05) is 10.9 Å². The van der Waals surface area contributed by atoms with Crippen LogP contribution in [0.15, 0.2) is 36.5 Å². The van der Waals surface area contributed by atoms with Crippen LogP contribution in [-0.4, -0.2) is 52.3 Å². The Morgan fingerprint density at radius 1 is 1.25 bits per heavy atom. The fraction of sp³-hybridized carbons (Fsp3) is 0.409. The van der Waals surface area contributed by atoms with Gasteiger partial charge in [0.05, 0.1) is 24.4 Å². The van der Waals surface area contributed by atoms with E-state index in [1.54, 1.807) is 12.1 Å². The zero-order valence-electron chi connectivity index (χ0n) is 17.6. The van der Waals surface area contributed by atoms with Crippen LogP contribution in [0.5, 0.6) is 5.75 Å². The van der Waals surface area contributed by atoms with Crippen LogP contribution in [0.3, 0.4) is 0 Å². The maximum absolute atomic E-state index is 12.9. The van der Waals surface area contributed by atoms with Crippen LogP contribution >= 0.6 is 0 Å². The highest BCUT2D eigenvalue weighted by atomic mass is 19.4. The second-order valence-electron chi connectivity index (χ2n) is 8.47. The molecule has 2 aliphatic rings. The molecule has 1 saturated carbocycles. The third kappa shape index (κ3) is 3.58. The fourth-order valence-corrected chi connectivity index (χ4v) is 4.89. The molecule has 1 aliphatic carbocycles. The predicted octanol–water partition coefficient (Wildman–Crippen LogP) is 3.98. The number of rotatable bonds is 4. The van der Waals surface area contributed by atoms with Crippen molar-refractivity contribution in [3.63, 3.8) is 0 Å². The van der Waals surface area contributed by atoms with E-state index >= 15 is 0 Å². The Kier molecular flexibility index (Phi) is 4.85. The number of nitrogens with zero attached hydrogens (tertiary/aromatic N) is 4. The molecule has 2 bridgehead atoms. The van der Waals surface area contributed by atoms with Crippen LogP contribution in [0.1, 0.15) is 35.1 Å². The van der Waals surface area contributed by atoms with Gasteiger partial charge in [0.1, 0.15) is 17.1 Å². The first-order valence-corrected chi connectivity index (χ1v) is 10.4. The number of amides is 1. The number of piperidine rings is 1. The van der Waals surface area contributed by atoms with Gasteiger partial charge in [-0.25, -0.2) is 4.98 Å². The maximum atomic E-state index is 12.9. The van der Waals surface area contributed by atoms with Crippen LogP contribution in [0, 0.1) is 5.92 Å². The summed E-state index contributed by atoms with van der Waals surface area (Å²) in [6.07, 6.45) is -0.447. The summed E-state index contributed by atoms with van der Waals surface area (Å²) in [5, 5.41) is 8.17. The molecule has 5 rings (SSSR count). The number of likely N-dealkylation sites (tertiary alicyclic amines) is 1. The highest BCUT2D eigenvalue weighted by molar-refractivity contribution is 6.05. The van der Waals surface area contributed by atoms with Crippen molar-refractivity contribution >= 4 is 22.5 Å². The highest BCUT2D eigenvalue weighted by Gasteiger charge is 2.44. The van der Waals surface area contributed by atoms with Gasteiger partial charge in [-0.15, -0.1) is 0 Å². The van der Waals surface area contributed by atoms with Gasteiger partial charge in [-0.3, -0.25) is 9.48 Å². The van der Waals surface area contributed by atoms with E-state index in [9.17, 15) is 18.0 Å². The molecular formula is C22H22F3N5O2. The molecule has 1 aliphatic heterocycles. The van der Waals surface area contributed by atoms with Gasteiger partial charge < -0.3 is 15.0 Å². The molecule has 32 heavy (non-hydrogen) atoms. The number of hydrogen-bond donors (Lipinski definition) is 1. The molecule has 0 spiro atoms. The van der Waals surface area contributed by atoms with Crippen molar-refractivity contribution in [1.29, 1.82) is 0 Å². The standard InChI is InChI=1S/C22H22F3N5O2/c1-29-10-13-6-14(29)8-18(13)30-11-12-7-17(19(32-2)9-16(12)28-30)27-21(31)15-4-3-5-20(26-15)22(23,24)25/h3-5,7,9,11,13-14,18H,6,8,10H2,1-2H3,(H,27,31)/t13-,14-,18+/m0/s1. The van der Waals surface area contributed by atoms with Gasteiger partial charge in [-0.05, 0) is 44.0 Å². The summed E-state index contributed by atoms with van der Waals surface area (Å²) in [4.78, 5) is 18.4. The molecule has 3 atom stereocenters. The number of benzene rings is 1. The summed E-state index contributed by atoms with van der Waals surface area (Å²) in [5.74, 6) is 0.181. The Morgan fingerprint density at radius 3 is 2.72 bits per heavy atom. The lowest BCUT2D eigenvalue weighted by molar-refractivity contribution is -0.141. The molecule has 1 saturated heterocycles. The largest absolute Gasteiger partial charge is 0.494 e. The molecule has 3 aromatic rings. The van der Waals surface area contributed by atoms with E-state index in [0.717, 1.165) is 36.0 Å². The summed E-state index contributed by atoms with van der Waals surface area (Å²) in [5.41, 5.74) is -0.376. The Hall–Kier alpha value is -3.14. The van der Waals surface area contributed by atoms with Gasteiger partial charge in [0.25, 0.3) is 5.91 Å². The zero-order chi connectivity index (χ0) is 22.6. The summed E-state index contributed by atoms with van der Waals surface area (Å²) < 4.78 is 46.2. The van der Waals surface area contributed by atoms with Crippen molar-refractivity contribution in [2.24, 2.45) is 5.92 Å². The van der Waals surface area contributed by atoms with Crippen LogP contribution in [0.25, 0.3) is 10.9 Å². The van der Waals surface area contributed by atoms with Crippen molar-refractivity contribution < 1.29 is 22.7 Å². The Morgan fingerprint density at radius 2 is 2.06 bits per heavy atom. The van der Waals surface area contributed by atoms with Gasteiger partial charge >= 0.3 is 6.18 Å². The number of pyridine rings is 1. The number of hydrogen-bond acceptors (Lipinski definition) is 5. The van der Waals surface area contributed by atoms with E-state index in [0.29, 0.717) is 29.4 Å². The summed E-state index contributed by atoms with van der Waals surface area (Å²) in [6.45, 7) is 1.06. The number of carbonyl (C=O) groups is 1. The van der Waals surface area contributed by atoms with E-state index in [4.69, 9.17) is 9.84 Å². The second kappa shape index (κ2) is 7.47. The van der Waals surface area contributed by atoms with Crippen molar-refractivity contribution in [2.45, 2.75) is 31.1 Å². The average molecular weight is 445 g/mol. The van der Waals surface area contributed by atoms with Gasteiger partial charge in [0.2, 0.25) is 0 Å². The number of ether oxygens (including phenoxy) is 1. The number of carbonyl (C=O) groups excluding carboxylic acids is 1. The second-order valence-corrected chi connectivity index (χ2v) is 8.47. The molecule has 168 valence electrons. The third-order valence-electron chi connectivity index (χ3n) is 6.48. The van der Waals surface area contributed by atoms with E-state index < -0.39 is 17.8 Å². The Labute approximate surface area is 182 Å². The van der Waals surface area contributed by atoms with E-state index in [-0.39, 0.29) is 5.69 Å². The first kappa shape index (κ1) is 20.7. The minimum atomic E-state index is -4.63. The van der Waals surface area contributed by atoms with Crippen LogP contribution < -0.4 is 10.1 Å². The van der Waals surface area contributed by atoms with Gasteiger partial charge in [-0.2, -0.15) is 18.3 Å². The quantitative estimate of drug-likeness (QED) is 0.658. The summed E-state index contributed by atoms with van der Waals surface area (Å²) in [6, 6.07) is 7.58. The van der Waals surface area contributed by atoms with Gasteiger partial charge in [0, 0.05) is 30.2 Å². The van der Waals surface area contributed by atoms with Crippen molar-refractivity contribution in [1.82, 2.24) is 19.7 Å². The lowest BCUT2D eigenvalue weighted by Gasteiger charge is -2.28. The molecule has 1 aromatic carbocycles. The average Bonchev–Trinajstić information content (AvgIpc) is 3.45. The molecule has 1 N–H and O–H groups in total. The van der Waals surface area contributed by atoms with Crippen LogP contribution in [0.4, 0.5) is 18.9 Å². The molecule has 10 heteroatoms.